The predicted octanol–water partition coefficient (Wildman–Crippen LogP) is 2.61. The molecule has 0 saturated carbocycles. The van der Waals surface area contributed by atoms with E-state index in [0.717, 1.165) is 18.4 Å². The number of carbonyl (C=O) groups excluding carboxylic acids is 2. The highest BCUT2D eigenvalue weighted by Gasteiger charge is 2.33. The van der Waals surface area contributed by atoms with Crippen LogP contribution in [0.15, 0.2) is 48.8 Å². The molecule has 0 bridgehead atoms. The summed E-state index contributed by atoms with van der Waals surface area (Å²) in [5, 5.41) is 12.7. The van der Waals surface area contributed by atoms with Gasteiger partial charge in [0.25, 0.3) is 0 Å². The van der Waals surface area contributed by atoms with Crippen molar-refractivity contribution in [3.8, 4) is 0 Å². The lowest BCUT2D eigenvalue weighted by Crippen LogP contribution is -2.39. The van der Waals surface area contributed by atoms with Crippen LogP contribution in [-0.2, 0) is 15.2 Å². The molecular weight excluding hydrogens is 330 g/mol. The second kappa shape index (κ2) is 7.25. The predicted molar refractivity (Wildman–Crippen MR) is 98.2 cm³/mol. The van der Waals surface area contributed by atoms with Gasteiger partial charge in [0, 0.05) is 24.6 Å². The van der Waals surface area contributed by atoms with Crippen molar-refractivity contribution in [3.63, 3.8) is 0 Å². The molecule has 1 atom stereocenters. The van der Waals surface area contributed by atoms with E-state index in [1.807, 2.05) is 12.1 Å². The molecule has 2 heterocycles. The molecule has 2 N–H and O–H groups in total. The number of nitrogens with zero attached hydrogens (tertiary/aromatic N) is 2. The number of aliphatic hydroxyl groups is 1. The number of rotatable bonds is 3. The molecule has 1 aliphatic rings. The van der Waals surface area contributed by atoms with Gasteiger partial charge >= 0.3 is 11.8 Å². The number of likely N-dealkylation sites (tertiary alicyclic amines) is 1. The van der Waals surface area contributed by atoms with Crippen molar-refractivity contribution in [2.45, 2.75) is 38.3 Å². The average molecular weight is 353 g/mol. The quantitative estimate of drug-likeness (QED) is 0.831. The highest BCUT2D eigenvalue weighted by atomic mass is 16.3. The Kier molecular flexibility index (Phi) is 5.04. The van der Waals surface area contributed by atoms with Crippen LogP contribution in [-0.4, -0.2) is 33.3 Å². The van der Waals surface area contributed by atoms with Gasteiger partial charge in [-0.1, -0.05) is 12.1 Å². The Balaban J connectivity index is 1.73. The summed E-state index contributed by atoms with van der Waals surface area (Å²) < 4.78 is 0. The van der Waals surface area contributed by atoms with Gasteiger partial charge < -0.3 is 15.3 Å². The van der Waals surface area contributed by atoms with E-state index in [1.54, 1.807) is 55.4 Å². The molecule has 1 aliphatic heterocycles. The fraction of sp³-hybridized carbons (Fsp3) is 0.350. The van der Waals surface area contributed by atoms with Gasteiger partial charge in [0.1, 0.15) is 0 Å². The van der Waals surface area contributed by atoms with E-state index in [0.29, 0.717) is 17.8 Å². The Morgan fingerprint density at radius 1 is 1.23 bits per heavy atom. The lowest BCUT2D eigenvalue weighted by atomic mass is 9.98. The number of carbonyl (C=O) groups is 2. The maximum absolute atomic E-state index is 12.7. The van der Waals surface area contributed by atoms with Gasteiger partial charge in [0.2, 0.25) is 0 Å². The lowest BCUT2D eigenvalue weighted by molar-refractivity contribution is -0.143. The molecule has 0 unspecified atom stereocenters. The summed E-state index contributed by atoms with van der Waals surface area (Å²) in [6, 6.07) is 10.5. The molecule has 2 aromatic rings. The molecule has 136 valence electrons. The molecule has 3 rings (SSSR count). The van der Waals surface area contributed by atoms with Gasteiger partial charge in [-0.3, -0.25) is 14.6 Å². The molecule has 0 radical (unpaired) electrons. The fourth-order valence-corrected chi connectivity index (χ4v) is 3.23. The summed E-state index contributed by atoms with van der Waals surface area (Å²) in [5.41, 5.74) is 1.12. The molecule has 1 aromatic heterocycles. The molecule has 1 aromatic carbocycles. The zero-order valence-corrected chi connectivity index (χ0v) is 15.0. The van der Waals surface area contributed by atoms with Gasteiger partial charge in [0.05, 0.1) is 11.6 Å². The largest absolute Gasteiger partial charge is 0.386 e. The Bertz CT molecular complexity index is 799. The summed E-state index contributed by atoms with van der Waals surface area (Å²) in [7, 11) is 0. The third-order valence-electron chi connectivity index (χ3n) is 4.63. The van der Waals surface area contributed by atoms with E-state index in [4.69, 9.17) is 0 Å². The first-order valence-corrected chi connectivity index (χ1v) is 8.71. The van der Waals surface area contributed by atoms with Crippen LogP contribution in [0.5, 0.6) is 0 Å². The lowest BCUT2D eigenvalue weighted by Gasteiger charge is -2.24. The topological polar surface area (TPSA) is 82.5 Å². The standard InChI is InChI=1S/C20H23N3O3/c1-20(2,26)15-5-3-6-16(13-15)22-18(24)19(25)23-12-4-7-17(23)14-8-10-21-11-9-14/h3,5-6,8-11,13,17,26H,4,7,12H2,1-2H3,(H,22,24)/t17-/m0/s1. The van der Waals surface area contributed by atoms with E-state index in [2.05, 4.69) is 10.3 Å². The summed E-state index contributed by atoms with van der Waals surface area (Å²) in [6.45, 7) is 3.90. The summed E-state index contributed by atoms with van der Waals surface area (Å²) in [4.78, 5) is 30.7. The molecule has 0 aliphatic carbocycles. The molecule has 0 spiro atoms. The number of amides is 2. The van der Waals surface area contributed by atoms with E-state index in [1.165, 1.54) is 0 Å². The number of hydrogen-bond donors (Lipinski definition) is 2. The highest BCUT2D eigenvalue weighted by Crippen LogP contribution is 2.31. The Hall–Kier alpha value is -2.73. The number of hydrogen-bond acceptors (Lipinski definition) is 4. The van der Waals surface area contributed by atoms with Crippen LogP contribution in [0.3, 0.4) is 0 Å². The molecule has 2 amide bonds. The second-order valence-corrected chi connectivity index (χ2v) is 7.03. The van der Waals surface area contributed by atoms with Crippen LogP contribution in [0, 0.1) is 0 Å². The van der Waals surface area contributed by atoms with Crippen molar-refractivity contribution >= 4 is 17.5 Å². The average Bonchev–Trinajstić information content (AvgIpc) is 3.11. The number of pyridine rings is 1. The first kappa shape index (κ1) is 18.1. The normalized spacial score (nSPS) is 17.2. The zero-order valence-electron chi connectivity index (χ0n) is 15.0. The van der Waals surface area contributed by atoms with E-state index in [-0.39, 0.29) is 6.04 Å². The smallest absolute Gasteiger partial charge is 0.313 e. The molecule has 6 nitrogen and oxygen atoms in total. The van der Waals surface area contributed by atoms with Crippen molar-refractivity contribution in [1.29, 1.82) is 0 Å². The van der Waals surface area contributed by atoms with Gasteiger partial charge in [-0.15, -0.1) is 0 Å². The van der Waals surface area contributed by atoms with Crippen molar-refractivity contribution in [2.75, 3.05) is 11.9 Å². The SMILES string of the molecule is CC(C)(O)c1cccc(NC(=O)C(=O)N2CCC[C@H]2c2ccncc2)c1. The minimum absolute atomic E-state index is 0.0982. The van der Waals surface area contributed by atoms with E-state index < -0.39 is 17.4 Å². The number of aromatic nitrogens is 1. The van der Waals surface area contributed by atoms with Crippen LogP contribution >= 0.6 is 0 Å². The van der Waals surface area contributed by atoms with Gasteiger partial charge in [-0.2, -0.15) is 0 Å². The van der Waals surface area contributed by atoms with E-state index >= 15 is 0 Å². The molecular formula is C20H23N3O3. The van der Waals surface area contributed by atoms with Crippen molar-refractivity contribution < 1.29 is 14.7 Å². The van der Waals surface area contributed by atoms with E-state index in [9.17, 15) is 14.7 Å². The van der Waals surface area contributed by atoms with Crippen LogP contribution in [0.1, 0.15) is 43.9 Å². The van der Waals surface area contributed by atoms with Crippen LogP contribution in [0.4, 0.5) is 5.69 Å². The highest BCUT2D eigenvalue weighted by molar-refractivity contribution is 6.39. The Morgan fingerprint density at radius 3 is 2.65 bits per heavy atom. The van der Waals surface area contributed by atoms with Crippen molar-refractivity contribution in [2.24, 2.45) is 0 Å². The zero-order chi connectivity index (χ0) is 18.7. The Morgan fingerprint density at radius 2 is 1.96 bits per heavy atom. The first-order chi connectivity index (χ1) is 12.4. The Labute approximate surface area is 152 Å². The molecule has 1 fully saturated rings. The molecule has 26 heavy (non-hydrogen) atoms. The monoisotopic (exact) mass is 353 g/mol. The van der Waals surface area contributed by atoms with Crippen LogP contribution < -0.4 is 5.32 Å². The van der Waals surface area contributed by atoms with Crippen LogP contribution in [0.2, 0.25) is 0 Å². The number of anilines is 1. The van der Waals surface area contributed by atoms with Gasteiger partial charge in [-0.05, 0) is 62.1 Å². The van der Waals surface area contributed by atoms with Gasteiger partial charge in [-0.25, -0.2) is 0 Å². The number of benzene rings is 1. The van der Waals surface area contributed by atoms with Crippen molar-refractivity contribution in [1.82, 2.24) is 9.88 Å². The second-order valence-electron chi connectivity index (χ2n) is 7.03. The molecule has 6 heteroatoms. The van der Waals surface area contributed by atoms with Crippen LogP contribution in [0.25, 0.3) is 0 Å². The van der Waals surface area contributed by atoms with Gasteiger partial charge in [0.15, 0.2) is 0 Å². The van der Waals surface area contributed by atoms with Crippen molar-refractivity contribution in [3.05, 3.63) is 59.9 Å². The maximum Gasteiger partial charge on any atom is 0.313 e. The first-order valence-electron chi connectivity index (χ1n) is 8.71. The minimum atomic E-state index is -1.02. The third-order valence-corrected chi connectivity index (χ3v) is 4.63. The minimum Gasteiger partial charge on any atom is -0.386 e. The summed E-state index contributed by atoms with van der Waals surface area (Å²) in [6.07, 6.45) is 5.08. The maximum atomic E-state index is 12.7. The summed E-state index contributed by atoms with van der Waals surface area (Å²) in [5.74, 6) is -1.21. The third kappa shape index (κ3) is 3.91. The number of nitrogens with one attached hydrogen (secondary N) is 1. The summed E-state index contributed by atoms with van der Waals surface area (Å²) >= 11 is 0. The fourth-order valence-electron chi connectivity index (χ4n) is 3.23. The molecule has 1 saturated heterocycles.